The van der Waals surface area contributed by atoms with Crippen LogP contribution in [-0.4, -0.2) is 11.0 Å². The summed E-state index contributed by atoms with van der Waals surface area (Å²) in [6.45, 7) is 0. The highest BCUT2D eigenvalue weighted by Gasteiger charge is 2.14. The molecule has 4 rings (SSSR count). The van der Waals surface area contributed by atoms with Crippen LogP contribution < -0.4 is 16.3 Å². The van der Waals surface area contributed by atoms with Gasteiger partial charge in [0.1, 0.15) is 16.9 Å². The van der Waals surface area contributed by atoms with Crippen molar-refractivity contribution in [1.29, 1.82) is 0 Å². The zero-order valence-electron chi connectivity index (χ0n) is 15.4. The highest BCUT2D eigenvalue weighted by Crippen LogP contribution is 2.21. The van der Waals surface area contributed by atoms with E-state index < -0.39 is 5.91 Å². The summed E-state index contributed by atoms with van der Waals surface area (Å²) in [6, 6.07) is 20.5. The van der Waals surface area contributed by atoms with Crippen molar-refractivity contribution in [2.75, 3.05) is 10.7 Å². The van der Waals surface area contributed by atoms with Gasteiger partial charge >= 0.3 is 0 Å². The number of phenols is 1. The second-order valence-corrected chi connectivity index (χ2v) is 7.73. The van der Waals surface area contributed by atoms with Crippen LogP contribution in [0.5, 0.6) is 5.75 Å². The minimum Gasteiger partial charge on any atom is -0.508 e. The van der Waals surface area contributed by atoms with Crippen molar-refractivity contribution in [2.24, 2.45) is 5.10 Å². The van der Waals surface area contributed by atoms with Gasteiger partial charge in [-0.2, -0.15) is 0 Å². The molecule has 0 aliphatic rings. The average molecular weight is 485 g/mol. The molecule has 0 aliphatic carbocycles. The van der Waals surface area contributed by atoms with Gasteiger partial charge in [0.2, 0.25) is 5.55 Å². The van der Waals surface area contributed by atoms with Gasteiger partial charge in [0.05, 0.1) is 5.69 Å². The Morgan fingerprint density at radius 3 is 2.57 bits per heavy atom. The lowest BCUT2D eigenvalue weighted by atomic mass is 10.1. The summed E-state index contributed by atoms with van der Waals surface area (Å²) in [5.74, 6) is -0.360. The predicted octanol–water partition coefficient (Wildman–Crippen LogP) is 5.73. The Labute approximate surface area is 184 Å². The molecule has 0 unspecified atom stereocenters. The molecule has 0 fully saturated rings. The van der Waals surface area contributed by atoms with Gasteiger partial charge < -0.3 is 14.8 Å². The van der Waals surface area contributed by atoms with Crippen molar-refractivity contribution in [3.63, 3.8) is 0 Å². The SMILES string of the molecule is O=C(Nc1cccc(Cl)c1)c1cc2ccc(O)cc2o/c1=N/Nc1ccc(Br)cc1. The maximum Gasteiger partial charge on any atom is 0.261 e. The number of halogens is 2. The first-order chi connectivity index (χ1) is 14.5. The van der Waals surface area contributed by atoms with E-state index in [-0.39, 0.29) is 16.9 Å². The quantitative estimate of drug-likeness (QED) is 0.323. The van der Waals surface area contributed by atoms with Gasteiger partial charge in [0.15, 0.2) is 0 Å². The van der Waals surface area contributed by atoms with Crippen LogP contribution in [0.4, 0.5) is 11.4 Å². The third kappa shape index (κ3) is 4.64. The molecule has 150 valence electrons. The first-order valence-corrected chi connectivity index (χ1v) is 10.0. The zero-order chi connectivity index (χ0) is 21.1. The van der Waals surface area contributed by atoms with Gasteiger partial charge in [0.25, 0.3) is 5.91 Å². The van der Waals surface area contributed by atoms with E-state index in [9.17, 15) is 9.90 Å². The molecule has 0 spiro atoms. The Kier molecular flexibility index (Phi) is 5.74. The number of carbonyl (C=O) groups is 1. The Bertz CT molecular complexity index is 1300. The number of aromatic hydroxyl groups is 1. The van der Waals surface area contributed by atoms with Crippen molar-refractivity contribution in [3.05, 3.63) is 93.4 Å². The van der Waals surface area contributed by atoms with Crippen LogP contribution in [-0.2, 0) is 0 Å². The van der Waals surface area contributed by atoms with Gasteiger partial charge in [0, 0.05) is 26.6 Å². The topological polar surface area (TPSA) is 86.9 Å². The number of nitrogens with one attached hydrogen (secondary N) is 2. The molecule has 30 heavy (non-hydrogen) atoms. The monoisotopic (exact) mass is 483 g/mol. The van der Waals surface area contributed by atoms with Crippen molar-refractivity contribution in [2.45, 2.75) is 0 Å². The molecule has 3 aromatic carbocycles. The number of rotatable bonds is 4. The maximum absolute atomic E-state index is 13.0. The number of amides is 1. The van der Waals surface area contributed by atoms with Crippen molar-refractivity contribution < 1.29 is 14.3 Å². The van der Waals surface area contributed by atoms with E-state index >= 15 is 0 Å². The van der Waals surface area contributed by atoms with E-state index in [4.69, 9.17) is 16.0 Å². The normalized spacial score (nSPS) is 11.5. The van der Waals surface area contributed by atoms with Crippen LogP contribution in [0.15, 0.2) is 86.8 Å². The van der Waals surface area contributed by atoms with Crippen LogP contribution in [0, 0.1) is 0 Å². The summed E-state index contributed by atoms with van der Waals surface area (Å²) in [7, 11) is 0. The molecule has 0 bridgehead atoms. The predicted molar refractivity (Wildman–Crippen MR) is 121 cm³/mol. The van der Waals surface area contributed by atoms with E-state index in [0.29, 0.717) is 27.4 Å². The number of hydrogen-bond donors (Lipinski definition) is 3. The van der Waals surface area contributed by atoms with Crippen LogP contribution in [0.2, 0.25) is 5.02 Å². The number of fused-ring (bicyclic) bond motifs is 1. The lowest BCUT2D eigenvalue weighted by molar-refractivity contribution is 0.102. The molecular weight excluding hydrogens is 470 g/mol. The Balaban J connectivity index is 1.76. The zero-order valence-corrected chi connectivity index (χ0v) is 17.7. The van der Waals surface area contributed by atoms with Crippen molar-refractivity contribution in [3.8, 4) is 5.75 Å². The first-order valence-electron chi connectivity index (χ1n) is 8.87. The standard InChI is InChI=1S/C22H15BrClN3O3/c23-14-5-7-16(8-6-14)26-27-22-19(10-13-4-9-18(28)12-20(13)30-22)21(29)25-17-3-1-2-15(24)11-17/h1-12,26,28H,(H,25,29)/b27-22+. The number of hydrogen-bond acceptors (Lipinski definition) is 5. The molecule has 4 aromatic rings. The van der Waals surface area contributed by atoms with E-state index in [0.717, 1.165) is 4.47 Å². The Morgan fingerprint density at radius 2 is 1.80 bits per heavy atom. The van der Waals surface area contributed by atoms with Gasteiger partial charge in [-0.25, -0.2) is 0 Å². The number of anilines is 2. The number of phenolic OH excluding ortho intramolecular Hbond substituents is 1. The molecule has 6 nitrogen and oxygen atoms in total. The first kappa shape index (κ1) is 20.0. The third-order valence-corrected chi connectivity index (χ3v) is 4.96. The van der Waals surface area contributed by atoms with Gasteiger partial charge in [-0.3, -0.25) is 10.2 Å². The Hall–Kier alpha value is -3.29. The molecule has 0 radical (unpaired) electrons. The molecule has 8 heteroatoms. The molecule has 1 amide bonds. The van der Waals surface area contributed by atoms with E-state index in [1.54, 1.807) is 36.4 Å². The fraction of sp³-hybridized carbons (Fsp3) is 0. The second kappa shape index (κ2) is 8.61. The van der Waals surface area contributed by atoms with Crippen LogP contribution in [0.3, 0.4) is 0 Å². The summed E-state index contributed by atoms with van der Waals surface area (Å²) in [6.07, 6.45) is 0. The van der Waals surface area contributed by atoms with E-state index in [1.807, 2.05) is 24.3 Å². The molecule has 1 aromatic heterocycles. The summed E-state index contributed by atoms with van der Waals surface area (Å²) >= 11 is 9.38. The second-order valence-electron chi connectivity index (χ2n) is 6.38. The van der Waals surface area contributed by atoms with Gasteiger partial charge in [-0.15, -0.1) is 5.10 Å². The molecule has 3 N–H and O–H groups in total. The van der Waals surface area contributed by atoms with Gasteiger partial charge in [-0.05, 0) is 60.7 Å². The molecule has 0 aliphatic heterocycles. The molecule has 0 atom stereocenters. The fourth-order valence-electron chi connectivity index (χ4n) is 2.76. The number of carbonyl (C=O) groups excluding carboxylic acids is 1. The van der Waals surface area contributed by atoms with E-state index in [2.05, 4.69) is 31.8 Å². The summed E-state index contributed by atoms with van der Waals surface area (Å²) in [4.78, 5) is 13.0. The maximum atomic E-state index is 13.0. The summed E-state index contributed by atoms with van der Waals surface area (Å²) in [5.41, 5.74) is 4.82. The number of nitrogens with zero attached hydrogens (tertiary/aromatic N) is 1. The third-order valence-electron chi connectivity index (χ3n) is 4.19. The van der Waals surface area contributed by atoms with Gasteiger partial charge in [-0.1, -0.05) is 33.6 Å². The van der Waals surface area contributed by atoms with Crippen LogP contribution in [0.25, 0.3) is 11.0 Å². The highest BCUT2D eigenvalue weighted by molar-refractivity contribution is 9.10. The summed E-state index contributed by atoms with van der Waals surface area (Å²) in [5, 5.41) is 18.0. The molecule has 0 saturated carbocycles. The molecule has 0 saturated heterocycles. The number of benzene rings is 3. The lowest BCUT2D eigenvalue weighted by Gasteiger charge is -2.08. The molecular formula is C22H15BrClN3O3. The fourth-order valence-corrected chi connectivity index (χ4v) is 3.21. The average Bonchev–Trinajstić information content (AvgIpc) is 2.72. The van der Waals surface area contributed by atoms with Crippen molar-refractivity contribution >= 4 is 55.8 Å². The highest BCUT2D eigenvalue weighted by atomic mass is 79.9. The van der Waals surface area contributed by atoms with Crippen LogP contribution in [0.1, 0.15) is 10.4 Å². The minimum absolute atomic E-state index is 0.0502. The minimum atomic E-state index is -0.410. The molecule has 1 heterocycles. The van der Waals surface area contributed by atoms with Crippen molar-refractivity contribution in [1.82, 2.24) is 0 Å². The lowest BCUT2D eigenvalue weighted by Crippen LogP contribution is -2.22. The van der Waals surface area contributed by atoms with Crippen LogP contribution >= 0.6 is 27.5 Å². The van der Waals surface area contributed by atoms with E-state index in [1.165, 1.54) is 12.1 Å². The smallest absolute Gasteiger partial charge is 0.261 e. The largest absolute Gasteiger partial charge is 0.508 e. The summed E-state index contributed by atoms with van der Waals surface area (Å²) < 4.78 is 6.75. The Morgan fingerprint density at radius 1 is 1.00 bits per heavy atom.